The SMILES string of the molecule is O=C(O)c1cc(Br)cc(Br)c1N1CC(S(=O)(=O)F)CC1=O. The van der Waals surface area contributed by atoms with Crippen LogP contribution in [0.2, 0.25) is 0 Å². The van der Waals surface area contributed by atoms with Crippen LogP contribution in [0.1, 0.15) is 16.8 Å². The molecular formula is C11H8Br2FNO5S. The number of carbonyl (C=O) groups is 2. The van der Waals surface area contributed by atoms with Gasteiger partial charge in [0.15, 0.2) is 0 Å². The van der Waals surface area contributed by atoms with Gasteiger partial charge < -0.3 is 10.0 Å². The summed E-state index contributed by atoms with van der Waals surface area (Å²) in [6.07, 6.45) is -0.513. The number of rotatable bonds is 3. The van der Waals surface area contributed by atoms with E-state index in [0.717, 1.165) is 4.90 Å². The molecule has 10 heteroatoms. The van der Waals surface area contributed by atoms with Crippen molar-refractivity contribution < 1.29 is 27.0 Å². The van der Waals surface area contributed by atoms with Gasteiger partial charge in [-0.15, -0.1) is 3.89 Å². The van der Waals surface area contributed by atoms with Crippen LogP contribution in [0, 0.1) is 0 Å². The lowest BCUT2D eigenvalue weighted by Crippen LogP contribution is -2.29. The number of carboxylic acids is 1. The Morgan fingerprint density at radius 2 is 2.00 bits per heavy atom. The Morgan fingerprint density at radius 1 is 1.38 bits per heavy atom. The van der Waals surface area contributed by atoms with Gasteiger partial charge in [-0.25, -0.2) is 4.79 Å². The van der Waals surface area contributed by atoms with Crippen molar-refractivity contribution in [2.24, 2.45) is 0 Å². The third-order valence-electron chi connectivity index (χ3n) is 3.02. The molecule has 1 N–H and O–H groups in total. The monoisotopic (exact) mass is 443 g/mol. The van der Waals surface area contributed by atoms with E-state index in [1.807, 2.05) is 0 Å². The number of aromatic carboxylic acids is 1. The Kier molecular flexibility index (Phi) is 4.41. The van der Waals surface area contributed by atoms with E-state index in [1.54, 1.807) is 0 Å². The van der Waals surface area contributed by atoms with E-state index >= 15 is 0 Å². The molecule has 1 heterocycles. The lowest BCUT2D eigenvalue weighted by molar-refractivity contribution is -0.117. The van der Waals surface area contributed by atoms with E-state index in [4.69, 9.17) is 0 Å². The first kappa shape index (κ1) is 16.4. The summed E-state index contributed by atoms with van der Waals surface area (Å²) >= 11 is 6.27. The van der Waals surface area contributed by atoms with Crippen LogP contribution < -0.4 is 4.90 Å². The van der Waals surface area contributed by atoms with Crippen molar-refractivity contribution in [3.8, 4) is 0 Å². The molecule has 1 aliphatic rings. The number of nitrogens with zero attached hydrogens (tertiary/aromatic N) is 1. The summed E-state index contributed by atoms with van der Waals surface area (Å²) in [5.41, 5.74) is -0.177. The number of anilines is 1. The lowest BCUT2D eigenvalue weighted by atomic mass is 10.1. The van der Waals surface area contributed by atoms with Crippen molar-refractivity contribution in [1.29, 1.82) is 0 Å². The average molecular weight is 445 g/mol. The predicted molar refractivity (Wildman–Crippen MR) is 79.6 cm³/mol. The molecule has 2 rings (SSSR count). The first-order valence-electron chi connectivity index (χ1n) is 5.57. The molecule has 1 aromatic rings. The zero-order valence-electron chi connectivity index (χ0n) is 10.2. The highest BCUT2D eigenvalue weighted by molar-refractivity contribution is 9.11. The minimum absolute atomic E-state index is 0.0156. The summed E-state index contributed by atoms with van der Waals surface area (Å²) < 4.78 is 35.7. The number of hydrogen-bond acceptors (Lipinski definition) is 4. The summed E-state index contributed by atoms with van der Waals surface area (Å²) in [5, 5.41) is 7.73. The quantitative estimate of drug-likeness (QED) is 0.722. The molecule has 1 atom stereocenters. The first-order chi connectivity index (χ1) is 9.61. The van der Waals surface area contributed by atoms with Crippen LogP contribution >= 0.6 is 31.9 Å². The molecule has 0 aromatic heterocycles. The molecular weight excluding hydrogens is 437 g/mol. The van der Waals surface area contributed by atoms with Gasteiger partial charge in [0.05, 0.1) is 11.3 Å². The Labute approximate surface area is 136 Å². The van der Waals surface area contributed by atoms with E-state index in [-0.39, 0.29) is 11.3 Å². The van der Waals surface area contributed by atoms with Gasteiger partial charge in [0.25, 0.3) is 0 Å². The van der Waals surface area contributed by atoms with E-state index < -0.39 is 40.3 Å². The highest BCUT2D eigenvalue weighted by Crippen LogP contribution is 2.37. The van der Waals surface area contributed by atoms with Crippen molar-refractivity contribution in [2.75, 3.05) is 11.4 Å². The molecule has 0 aliphatic carbocycles. The molecule has 0 radical (unpaired) electrons. The normalized spacial score (nSPS) is 19.1. The third kappa shape index (κ3) is 3.27. The molecule has 1 amide bonds. The average Bonchev–Trinajstić information content (AvgIpc) is 2.70. The van der Waals surface area contributed by atoms with Crippen LogP contribution in [0.4, 0.5) is 9.57 Å². The lowest BCUT2D eigenvalue weighted by Gasteiger charge is -2.20. The second-order valence-electron chi connectivity index (χ2n) is 4.39. The largest absolute Gasteiger partial charge is 0.478 e. The van der Waals surface area contributed by atoms with Crippen LogP contribution in [0.3, 0.4) is 0 Å². The summed E-state index contributed by atoms with van der Waals surface area (Å²) in [4.78, 5) is 24.2. The van der Waals surface area contributed by atoms with Gasteiger partial charge in [0.1, 0.15) is 5.25 Å². The Morgan fingerprint density at radius 3 is 2.48 bits per heavy atom. The maximum absolute atomic E-state index is 13.0. The van der Waals surface area contributed by atoms with Crippen molar-refractivity contribution in [1.82, 2.24) is 0 Å². The summed E-state index contributed by atoms with van der Waals surface area (Å²) in [5.74, 6) is -1.93. The standard InChI is InChI=1S/C11H8Br2FNO5S/c12-5-1-7(11(17)18)10(8(13)2-5)15-4-6(3-9(15)16)21(14,19)20/h1-2,6H,3-4H2,(H,17,18). The summed E-state index contributed by atoms with van der Waals surface area (Å²) in [7, 11) is -4.86. The molecule has 0 saturated carbocycles. The zero-order chi connectivity index (χ0) is 15.9. The Hall–Kier alpha value is -1.00. The molecule has 0 spiro atoms. The van der Waals surface area contributed by atoms with Gasteiger partial charge in [-0.05, 0) is 28.1 Å². The molecule has 21 heavy (non-hydrogen) atoms. The van der Waals surface area contributed by atoms with E-state index in [1.165, 1.54) is 12.1 Å². The zero-order valence-corrected chi connectivity index (χ0v) is 14.2. The van der Waals surface area contributed by atoms with Crippen LogP contribution in [0.15, 0.2) is 21.1 Å². The summed E-state index contributed by atoms with van der Waals surface area (Å²) in [6.45, 7) is -0.418. The van der Waals surface area contributed by atoms with Gasteiger partial charge >= 0.3 is 16.2 Å². The highest BCUT2D eigenvalue weighted by atomic mass is 79.9. The Bertz CT molecular complexity index is 736. The Balaban J connectivity index is 2.53. The molecule has 0 bridgehead atoms. The second kappa shape index (κ2) is 5.65. The number of benzene rings is 1. The fourth-order valence-electron chi connectivity index (χ4n) is 2.08. The first-order valence-corrected chi connectivity index (χ1v) is 8.60. The fraction of sp³-hybridized carbons (Fsp3) is 0.273. The highest BCUT2D eigenvalue weighted by Gasteiger charge is 2.41. The predicted octanol–water partition coefficient (Wildman–Crippen LogP) is 2.31. The van der Waals surface area contributed by atoms with Crippen molar-refractivity contribution >= 4 is 59.6 Å². The maximum atomic E-state index is 13.0. The van der Waals surface area contributed by atoms with Crippen LogP contribution in [-0.2, 0) is 15.0 Å². The molecule has 1 aliphatic heterocycles. The van der Waals surface area contributed by atoms with E-state index in [2.05, 4.69) is 31.9 Å². The van der Waals surface area contributed by atoms with Crippen LogP contribution in [0.5, 0.6) is 0 Å². The minimum Gasteiger partial charge on any atom is -0.478 e. The maximum Gasteiger partial charge on any atom is 0.337 e. The number of carboxylic acid groups (broad SMARTS) is 1. The molecule has 1 unspecified atom stereocenters. The third-order valence-corrected chi connectivity index (χ3v) is 5.19. The molecule has 6 nitrogen and oxygen atoms in total. The number of halogens is 3. The van der Waals surface area contributed by atoms with Gasteiger partial charge in [-0.3, -0.25) is 4.79 Å². The number of hydrogen-bond donors (Lipinski definition) is 1. The van der Waals surface area contributed by atoms with Crippen molar-refractivity contribution in [3.63, 3.8) is 0 Å². The van der Waals surface area contributed by atoms with Crippen molar-refractivity contribution in [2.45, 2.75) is 11.7 Å². The van der Waals surface area contributed by atoms with Gasteiger partial charge in [-0.2, -0.15) is 8.42 Å². The van der Waals surface area contributed by atoms with Crippen LogP contribution in [-0.4, -0.2) is 37.2 Å². The fourth-order valence-corrected chi connectivity index (χ4v) is 4.19. The number of amides is 1. The summed E-state index contributed by atoms with van der Waals surface area (Å²) in [6, 6.07) is 2.80. The molecule has 1 fully saturated rings. The molecule has 114 valence electrons. The van der Waals surface area contributed by atoms with Gasteiger partial charge in [0, 0.05) is 21.9 Å². The van der Waals surface area contributed by atoms with Gasteiger partial charge in [-0.1, -0.05) is 15.9 Å². The van der Waals surface area contributed by atoms with Gasteiger partial charge in [0.2, 0.25) is 5.91 Å². The molecule has 1 aromatic carbocycles. The topological polar surface area (TPSA) is 91.8 Å². The van der Waals surface area contributed by atoms with E-state index in [9.17, 15) is 27.0 Å². The van der Waals surface area contributed by atoms with Crippen molar-refractivity contribution in [3.05, 3.63) is 26.6 Å². The smallest absolute Gasteiger partial charge is 0.337 e. The molecule has 1 saturated heterocycles. The van der Waals surface area contributed by atoms with E-state index in [0.29, 0.717) is 8.95 Å². The minimum atomic E-state index is -4.86. The van der Waals surface area contributed by atoms with Crippen LogP contribution in [0.25, 0.3) is 0 Å². The second-order valence-corrected chi connectivity index (χ2v) is 7.78. The number of carbonyl (C=O) groups excluding carboxylic acids is 1.